The van der Waals surface area contributed by atoms with E-state index in [0.717, 1.165) is 83.2 Å². The maximum atomic E-state index is 3.91. The second kappa shape index (κ2) is 30.6. The predicted molar refractivity (Wildman–Crippen MR) is 356 cm³/mol. The van der Waals surface area contributed by atoms with E-state index < -0.39 is 0 Å². The third-order valence-electron chi connectivity index (χ3n) is 17.0. The van der Waals surface area contributed by atoms with Crippen LogP contribution in [-0.2, 0) is 0 Å². The van der Waals surface area contributed by atoms with E-state index >= 15 is 0 Å². The number of nitrogens with one attached hydrogen (secondary N) is 2. The largest absolute Gasteiger partial charge is 0.372 e. The van der Waals surface area contributed by atoms with E-state index in [2.05, 4.69) is 276 Å². The van der Waals surface area contributed by atoms with Gasteiger partial charge >= 0.3 is 0 Å². The number of nitrogens with zero attached hydrogens (tertiary/aromatic N) is 4. The van der Waals surface area contributed by atoms with Gasteiger partial charge in [-0.2, -0.15) is 0 Å². The van der Waals surface area contributed by atoms with E-state index in [1.165, 1.54) is 120 Å². The van der Waals surface area contributed by atoms with E-state index in [9.17, 15) is 0 Å². The lowest BCUT2D eigenvalue weighted by Gasteiger charge is -2.24. The van der Waals surface area contributed by atoms with Crippen molar-refractivity contribution < 1.29 is 9.98 Å². The molecule has 0 aromatic heterocycles. The molecule has 2 N–H and O–H groups in total. The minimum atomic E-state index is 0.759. The summed E-state index contributed by atoms with van der Waals surface area (Å²) in [6.45, 7) is 38.7. The van der Waals surface area contributed by atoms with Crippen LogP contribution < -0.4 is 29.6 Å². The Labute approximate surface area is 490 Å². The highest BCUT2D eigenvalue weighted by Crippen LogP contribution is 2.41. The second-order valence-electron chi connectivity index (χ2n) is 21.5. The van der Waals surface area contributed by atoms with Crippen molar-refractivity contribution in [3.8, 4) is 0 Å². The third kappa shape index (κ3) is 14.5. The van der Waals surface area contributed by atoms with Gasteiger partial charge in [-0.1, -0.05) is 119 Å². The molecule has 3 atom stereocenters. The smallest absolute Gasteiger partial charge is 0.206 e. The molecular weight excluding hydrogens is 985 g/mol. The highest BCUT2D eigenvalue weighted by Gasteiger charge is 2.33. The molecule has 6 aromatic rings. The van der Waals surface area contributed by atoms with Crippen molar-refractivity contribution >= 4 is 56.5 Å². The van der Waals surface area contributed by atoms with Crippen molar-refractivity contribution in [2.75, 3.05) is 85.0 Å². The summed E-state index contributed by atoms with van der Waals surface area (Å²) in [6.07, 6.45) is 13.2. The Kier molecular flexibility index (Phi) is 23.2. The minimum Gasteiger partial charge on any atom is -0.372 e. The predicted octanol–water partition coefficient (Wildman–Crippen LogP) is 14.7. The van der Waals surface area contributed by atoms with Gasteiger partial charge in [0.25, 0.3) is 0 Å². The topological polar surface area (TPSA) is 40.9 Å². The summed E-state index contributed by atoms with van der Waals surface area (Å²) in [4.78, 5) is 17.0. The van der Waals surface area contributed by atoms with Gasteiger partial charge in [-0.25, -0.2) is 9.98 Å². The highest BCUT2D eigenvalue weighted by atomic mass is 15.1. The molecule has 0 saturated heterocycles. The van der Waals surface area contributed by atoms with E-state index in [-0.39, 0.29) is 0 Å². The highest BCUT2D eigenvalue weighted by molar-refractivity contribution is 6.18. The van der Waals surface area contributed by atoms with Gasteiger partial charge in [-0.05, 0) is 215 Å². The average Bonchev–Trinajstić information content (AvgIpc) is 3.91. The number of hydrogen-bond donors (Lipinski definition) is 2. The van der Waals surface area contributed by atoms with E-state index in [4.69, 9.17) is 0 Å². The fourth-order valence-electron chi connectivity index (χ4n) is 12.7. The van der Waals surface area contributed by atoms with E-state index in [1.807, 2.05) is 13.8 Å². The maximum Gasteiger partial charge on any atom is 0.206 e. The molecule has 6 heteroatoms. The standard InChI is InChI=1S/C40H51N3.C33H39N3.C2H6/c1-7-30-26-29(6)27-33(30)28-41-39-25-24-38(36-14-12-13-15-37(36)39)40(31-16-20-34(21-17-31)42(8-2)9-3)32-18-22-35(23-19-32)43(10-4)11-5;1-6-34-32-24-23-31(29-13-11-12-14-30(29)32)33(25-15-19-27(20-16-25)35(7-2)8-3)26-17-21-28(22-18-26)36(9-4)10-5;1-2/h12-25,29-30,33H,7-11,26-28H2,1-6H3;11-24H,6-10H2,1-5H3;1-2H3/p+2. The van der Waals surface area contributed by atoms with Crippen LogP contribution >= 0.6 is 0 Å². The van der Waals surface area contributed by atoms with Crippen LogP contribution in [0.15, 0.2) is 170 Å². The van der Waals surface area contributed by atoms with Crippen LogP contribution in [-0.4, -0.2) is 76.9 Å². The summed E-state index contributed by atoms with van der Waals surface area (Å²) in [7, 11) is 0. The van der Waals surface area contributed by atoms with Crippen molar-refractivity contribution in [2.45, 2.75) is 109 Å². The SMILES string of the molecule is CC.CCC1CC(C)CC1C[NH+]=C1C=CC(=C(c2ccc(N(CC)CC)cc2)c2ccc(N(CC)CC)cc2)c2ccccc21.CC[NH+]=C1C=CC(=C(c2ccc(N(CC)CC)cc2)c2ccc(N(CC)CC)cc2)c2ccccc21. The first-order chi connectivity index (χ1) is 39.6. The van der Waals surface area contributed by atoms with Crippen LogP contribution in [0.25, 0.3) is 22.3 Å². The summed E-state index contributed by atoms with van der Waals surface area (Å²) in [6, 6.07) is 54.3. The first-order valence-electron chi connectivity index (χ1n) is 31.3. The molecule has 3 aliphatic carbocycles. The lowest BCUT2D eigenvalue weighted by atomic mass is 9.83. The molecule has 1 fully saturated rings. The first-order valence-corrected chi connectivity index (χ1v) is 31.3. The summed E-state index contributed by atoms with van der Waals surface area (Å²) in [5.74, 6) is 2.44. The molecule has 0 bridgehead atoms. The van der Waals surface area contributed by atoms with Crippen molar-refractivity contribution in [3.63, 3.8) is 0 Å². The van der Waals surface area contributed by atoms with Crippen molar-refractivity contribution in [3.05, 3.63) is 214 Å². The zero-order chi connectivity index (χ0) is 57.8. The number of fused-ring (bicyclic) bond motifs is 2. The van der Waals surface area contributed by atoms with Gasteiger partial charge < -0.3 is 19.6 Å². The second-order valence-corrected chi connectivity index (χ2v) is 21.5. The maximum absolute atomic E-state index is 3.91. The summed E-state index contributed by atoms with van der Waals surface area (Å²) >= 11 is 0. The molecule has 6 aromatic carbocycles. The quantitative estimate of drug-likeness (QED) is 0.0799. The molecule has 1 saturated carbocycles. The summed E-state index contributed by atoms with van der Waals surface area (Å²) in [5, 5.41) is 0. The minimum absolute atomic E-state index is 0.759. The van der Waals surface area contributed by atoms with Crippen LogP contribution in [0.5, 0.6) is 0 Å². The fraction of sp³-hybridized carbons (Fsp3) is 0.387. The molecule has 6 nitrogen and oxygen atoms in total. The Bertz CT molecular complexity index is 2980. The van der Waals surface area contributed by atoms with Crippen LogP contribution in [0.4, 0.5) is 22.7 Å². The molecule has 81 heavy (non-hydrogen) atoms. The molecule has 0 amide bonds. The Balaban J connectivity index is 0.000000230. The van der Waals surface area contributed by atoms with Gasteiger partial charge in [0.05, 0.1) is 11.1 Å². The van der Waals surface area contributed by atoms with E-state index in [1.54, 1.807) is 0 Å². The summed E-state index contributed by atoms with van der Waals surface area (Å²) in [5.41, 5.74) is 22.8. The Hall–Kier alpha value is -7.18. The molecule has 0 heterocycles. The molecule has 0 spiro atoms. The first kappa shape index (κ1) is 61.4. The molecule has 0 aliphatic heterocycles. The average molecular weight is 1080 g/mol. The zero-order valence-corrected chi connectivity index (χ0v) is 51.9. The van der Waals surface area contributed by atoms with Gasteiger partial charge in [-0.15, -0.1) is 0 Å². The monoisotopic (exact) mass is 1080 g/mol. The van der Waals surface area contributed by atoms with Crippen LogP contribution in [0.3, 0.4) is 0 Å². The van der Waals surface area contributed by atoms with Gasteiger partial charge in [-0.3, -0.25) is 0 Å². The van der Waals surface area contributed by atoms with Crippen LogP contribution in [0.2, 0.25) is 0 Å². The molecule has 0 radical (unpaired) electrons. The summed E-state index contributed by atoms with van der Waals surface area (Å²) < 4.78 is 0. The Morgan fingerprint density at radius 3 is 0.963 bits per heavy atom. The van der Waals surface area contributed by atoms with Crippen LogP contribution in [0.1, 0.15) is 154 Å². The number of anilines is 4. The van der Waals surface area contributed by atoms with Gasteiger partial charge in [0.1, 0.15) is 13.1 Å². The van der Waals surface area contributed by atoms with Crippen molar-refractivity contribution in [1.29, 1.82) is 0 Å². The van der Waals surface area contributed by atoms with E-state index in [0.29, 0.717) is 0 Å². The van der Waals surface area contributed by atoms with Crippen molar-refractivity contribution in [2.24, 2.45) is 17.8 Å². The van der Waals surface area contributed by atoms with Crippen molar-refractivity contribution in [1.82, 2.24) is 0 Å². The molecule has 3 unspecified atom stereocenters. The van der Waals surface area contributed by atoms with Crippen LogP contribution in [0, 0.1) is 17.8 Å². The zero-order valence-electron chi connectivity index (χ0n) is 51.9. The lowest BCUT2D eigenvalue weighted by Crippen LogP contribution is -2.75. The Morgan fingerprint density at radius 2 is 0.667 bits per heavy atom. The van der Waals surface area contributed by atoms with Gasteiger partial charge in [0.15, 0.2) is 0 Å². The van der Waals surface area contributed by atoms with Gasteiger partial charge in [0, 0.05) is 93.2 Å². The normalized spacial score (nSPS) is 16.9. The Morgan fingerprint density at radius 1 is 0.370 bits per heavy atom. The fourth-order valence-corrected chi connectivity index (χ4v) is 12.7. The number of benzene rings is 6. The molecule has 3 aliphatic rings. The molecule has 9 rings (SSSR count). The third-order valence-corrected chi connectivity index (χ3v) is 17.0. The molecule has 426 valence electrons. The van der Waals surface area contributed by atoms with Gasteiger partial charge in [0.2, 0.25) is 11.4 Å². The molecular formula is C75H98N6+2. The lowest BCUT2D eigenvalue weighted by molar-refractivity contribution is -0.466. The number of allylic oxidation sites excluding steroid dienone is 6. The number of rotatable bonds is 20. The number of hydrogen-bond acceptors (Lipinski definition) is 4.